The van der Waals surface area contributed by atoms with Crippen LogP contribution in [-0.4, -0.2) is 60.3 Å². The van der Waals surface area contributed by atoms with Gasteiger partial charge in [-0.05, 0) is 63.3 Å². The Morgan fingerprint density at radius 2 is 1.80 bits per heavy atom. The van der Waals surface area contributed by atoms with Crippen molar-refractivity contribution in [3.63, 3.8) is 0 Å². The lowest BCUT2D eigenvalue weighted by Crippen LogP contribution is -2.44. The molecule has 0 radical (unpaired) electrons. The molecule has 0 spiro atoms. The SMILES string of the molecule is CN(C)CC(=O)N1CCC(C(=O)Nc2ccc(-c3nc4ccccc4o3)cc2)CC1. The molecule has 0 aliphatic carbocycles. The molecule has 0 unspecified atom stereocenters. The molecule has 7 heteroatoms. The van der Waals surface area contributed by atoms with Crippen LogP contribution in [-0.2, 0) is 9.59 Å². The minimum Gasteiger partial charge on any atom is -0.436 e. The number of likely N-dealkylation sites (tertiary alicyclic amines) is 1. The number of hydrogen-bond acceptors (Lipinski definition) is 5. The Hall–Kier alpha value is -3.19. The average molecular weight is 406 g/mol. The van der Waals surface area contributed by atoms with Crippen molar-refractivity contribution in [3.8, 4) is 11.5 Å². The molecule has 0 bridgehead atoms. The molecule has 4 rings (SSSR count). The Morgan fingerprint density at radius 1 is 1.10 bits per heavy atom. The molecule has 1 fully saturated rings. The molecule has 156 valence electrons. The highest BCUT2D eigenvalue weighted by atomic mass is 16.3. The van der Waals surface area contributed by atoms with E-state index in [-0.39, 0.29) is 17.7 Å². The highest BCUT2D eigenvalue weighted by Gasteiger charge is 2.27. The zero-order valence-corrected chi connectivity index (χ0v) is 17.3. The predicted octanol–water partition coefficient (Wildman–Crippen LogP) is 3.23. The van der Waals surface area contributed by atoms with Gasteiger partial charge < -0.3 is 19.5 Å². The molecular weight excluding hydrogens is 380 g/mol. The summed E-state index contributed by atoms with van der Waals surface area (Å²) in [5, 5.41) is 2.99. The summed E-state index contributed by atoms with van der Waals surface area (Å²) in [5.41, 5.74) is 3.17. The number of oxazole rings is 1. The van der Waals surface area contributed by atoms with Crippen LogP contribution < -0.4 is 5.32 Å². The fourth-order valence-electron chi connectivity index (χ4n) is 3.70. The fourth-order valence-corrected chi connectivity index (χ4v) is 3.70. The maximum atomic E-state index is 12.6. The number of fused-ring (bicyclic) bond motifs is 1. The van der Waals surface area contributed by atoms with E-state index in [9.17, 15) is 9.59 Å². The number of carbonyl (C=O) groups excluding carboxylic acids is 2. The number of piperidine rings is 1. The molecule has 1 saturated heterocycles. The number of nitrogens with one attached hydrogen (secondary N) is 1. The summed E-state index contributed by atoms with van der Waals surface area (Å²) in [6.45, 7) is 1.66. The van der Waals surface area contributed by atoms with Gasteiger partial charge in [0.05, 0.1) is 6.54 Å². The molecule has 30 heavy (non-hydrogen) atoms. The van der Waals surface area contributed by atoms with Crippen LogP contribution >= 0.6 is 0 Å². The van der Waals surface area contributed by atoms with Crippen LogP contribution in [0.1, 0.15) is 12.8 Å². The Labute approximate surface area is 175 Å². The van der Waals surface area contributed by atoms with Crippen molar-refractivity contribution in [3.05, 3.63) is 48.5 Å². The van der Waals surface area contributed by atoms with Gasteiger partial charge in [0.25, 0.3) is 0 Å². The third-order valence-corrected chi connectivity index (χ3v) is 5.36. The summed E-state index contributed by atoms with van der Waals surface area (Å²) in [6.07, 6.45) is 1.37. The summed E-state index contributed by atoms with van der Waals surface area (Å²) in [7, 11) is 3.77. The summed E-state index contributed by atoms with van der Waals surface area (Å²) >= 11 is 0. The summed E-state index contributed by atoms with van der Waals surface area (Å²) in [5.74, 6) is 0.604. The minimum atomic E-state index is -0.0786. The molecular formula is C23H26N4O3. The van der Waals surface area contributed by atoms with Gasteiger partial charge in [0.2, 0.25) is 17.7 Å². The number of rotatable bonds is 5. The smallest absolute Gasteiger partial charge is 0.236 e. The molecule has 0 saturated carbocycles. The second-order valence-corrected chi connectivity index (χ2v) is 7.95. The molecule has 2 amide bonds. The maximum absolute atomic E-state index is 12.6. The van der Waals surface area contributed by atoms with Crippen LogP contribution in [0, 0.1) is 5.92 Å². The number of benzene rings is 2. The zero-order chi connectivity index (χ0) is 21.1. The highest BCUT2D eigenvalue weighted by Crippen LogP contribution is 2.26. The van der Waals surface area contributed by atoms with Crippen molar-refractivity contribution in [1.29, 1.82) is 0 Å². The maximum Gasteiger partial charge on any atom is 0.236 e. The fraction of sp³-hybridized carbons (Fsp3) is 0.348. The summed E-state index contributed by atoms with van der Waals surface area (Å²) in [6, 6.07) is 15.1. The quantitative estimate of drug-likeness (QED) is 0.704. The van der Waals surface area contributed by atoms with Gasteiger partial charge in [-0.2, -0.15) is 0 Å². The third-order valence-electron chi connectivity index (χ3n) is 5.36. The first-order valence-electron chi connectivity index (χ1n) is 10.2. The number of aromatic nitrogens is 1. The second kappa shape index (κ2) is 8.67. The average Bonchev–Trinajstić information content (AvgIpc) is 3.18. The Bertz CT molecular complexity index is 1000. The van der Waals surface area contributed by atoms with E-state index in [1.807, 2.05) is 72.4 Å². The first-order chi connectivity index (χ1) is 14.5. The van der Waals surface area contributed by atoms with Gasteiger partial charge in [-0.3, -0.25) is 9.59 Å². The minimum absolute atomic E-state index is 0.00400. The van der Waals surface area contributed by atoms with Crippen molar-refractivity contribution >= 4 is 28.6 Å². The van der Waals surface area contributed by atoms with E-state index in [0.717, 1.165) is 22.4 Å². The zero-order valence-electron chi connectivity index (χ0n) is 17.3. The normalized spacial score (nSPS) is 15.0. The van der Waals surface area contributed by atoms with Crippen LogP contribution in [0.3, 0.4) is 0 Å². The molecule has 1 aliphatic heterocycles. The lowest BCUT2D eigenvalue weighted by Gasteiger charge is -2.32. The molecule has 1 aromatic heterocycles. The van der Waals surface area contributed by atoms with Gasteiger partial charge in [-0.25, -0.2) is 4.98 Å². The molecule has 1 N–H and O–H groups in total. The predicted molar refractivity (Wildman–Crippen MR) is 116 cm³/mol. The Balaban J connectivity index is 1.33. The van der Waals surface area contributed by atoms with E-state index in [0.29, 0.717) is 38.4 Å². The van der Waals surface area contributed by atoms with Gasteiger partial charge in [0, 0.05) is 30.3 Å². The first kappa shape index (κ1) is 20.1. The van der Waals surface area contributed by atoms with Crippen LogP contribution in [0.5, 0.6) is 0 Å². The van der Waals surface area contributed by atoms with Crippen LogP contribution in [0.25, 0.3) is 22.6 Å². The Morgan fingerprint density at radius 3 is 2.47 bits per heavy atom. The largest absolute Gasteiger partial charge is 0.436 e. The molecule has 1 aliphatic rings. The van der Waals surface area contributed by atoms with E-state index in [4.69, 9.17) is 4.42 Å². The summed E-state index contributed by atoms with van der Waals surface area (Å²) in [4.78, 5) is 33.0. The second-order valence-electron chi connectivity index (χ2n) is 7.95. The lowest BCUT2D eigenvalue weighted by atomic mass is 9.95. The number of carbonyl (C=O) groups is 2. The van der Waals surface area contributed by atoms with Crippen molar-refractivity contribution < 1.29 is 14.0 Å². The highest BCUT2D eigenvalue weighted by molar-refractivity contribution is 5.93. The van der Waals surface area contributed by atoms with Gasteiger partial charge in [-0.1, -0.05) is 12.1 Å². The monoisotopic (exact) mass is 406 g/mol. The van der Waals surface area contributed by atoms with Crippen molar-refractivity contribution in [2.24, 2.45) is 5.92 Å². The number of likely N-dealkylation sites (N-methyl/N-ethyl adjacent to an activating group) is 1. The van der Waals surface area contributed by atoms with Crippen LogP contribution in [0.2, 0.25) is 0 Å². The number of anilines is 1. The number of amides is 2. The molecule has 0 atom stereocenters. The van der Waals surface area contributed by atoms with Crippen molar-refractivity contribution in [1.82, 2.24) is 14.8 Å². The van der Waals surface area contributed by atoms with Crippen LogP contribution in [0.15, 0.2) is 52.9 Å². The van der Waals surface area contributed by atoms with Crippen LogP contribution in [0.4, 0.5) is 5.69 Å². The van der Waals surface area contributed by atoms with Gasteiger partial charge >= 0.3 is 0 Å². The number of hydrogen-bond donors (Lipinski definition) is 1. The van der Waals surface area contributed by atoms with Gasteiger partial charge in [0.1, 0.15) is 5.52 Å². The van der Waals surface area contributed by atoms with Crippen molar-refractivity contribution in [2.45, 2.75) is 12.8 Å². The van der Waals surface area contributed by atoms with E-state index < -0.39 is 0 Å². The summed E-state index contributed by atoms with van der Waals surface area (Å²) < 4.78 is 5.79. The third kappa shape index (κ3) is 4.52. The van der Waals surface area contributed by atoms with E-state index in [1.165, 1.54) is 0 Å². The number of para-hydroxylation sites is 2. The standard InChI is InChI=1S/C23H26N4O3/c1-26(2)15-21(28)27-13-11-16(12-14-27)22(29)24-18-9-7-17(8-10-18)23-25-19-5-3-4-6-20(19)30-23/h3-10,16H,11-15H2,1-2H3,(H,24,29). The molecule has 3 aromatic rings. The lowest BCUT2D eigenvalue weighted by molar-refractivity contribution is -0.135. The van der Waals surface area contributed by atoms with Gasteiger partial charge in [-0.15, -0.1) is 0 Å². The Kier molecular flexibility index (Phi) is 5.81. The molecule has 7 nitrogen and oxygen atoms in total. The van der Waals surface area contributed by atoms with E-state index >= 15 is 0 Å². The first-order valence-corrected chi connectivity index (χ1v) is 10.2. The van der Waals surface area contributed by atoms with E-state index in [2.05, 4.69) is 10.3 Å². The number of nitrogens with zero attached hydrogens (tertiary/aromatic N) is 3. The van der Waals surface area contributed by atoms with Crippen molar-refractivity contribution in [2.75, 3.05) is 39.0 Å². The van der Waals surface area contributed by atoms with Gasteiger partial charge in [0.15, 0.2) is 5.58 Å². The van der Waals surface area contributed by atoms with E-state index in [1.54, 1.807) is 0 Å². The molecule has 2 heterocycles. The topological polar surface area (TPSA) is 78.7 Å². The molecule has 2 aromatic carbocycles.